The first-order valence-electron chi connectivity index (χ1n) is 6.95. The second kappa shape index (κ2) is 5.54. The van der Waals surface area contributed by atoms with Crippen molar-refractivity contribution in [3.05, 3.63) is 53.2 Å². The summed E-state index contributed by atoms with van der Waals surface area (Å²) < 4.78 is 3.98. The van der Waals surface area contributed by atoms with E-state index in [2.05, 4.69) is 29.5 Å². The number of aromatic nitrogens is 3. The summed E-state index contributed by atoms with van der Waals surface area (Å²) in [4.78, 5) is 3.99. The topological polar surface area (TPSA) is 43.0 Å². The second-order valence-corrected chi connectivity index (χ2v) is 5.78. The molecule has 110 valence electrons. The highest BCUT2D eigenvalue weighted by atomic mass is 35.5. The van der Waals surface area contributed by atoms with Crippen molar-refractivity contribution in [3.63, 3.8) is 0 Å². The summed E-state index contributed by atoms with van der Waals surface area (Å²) in [5.74, 6) is 0. The highest BCUT2D eigenvalue weighted by Crippen LogP contribution is 2.30. The van der Waals surface area contributed by atoms with Crippen molar-refractivity contribution in [1.82, 2.24) is 14.1 Å². The van der Waals surface area contributed by atoms with Gasteiger partial charge in [0.1, 0.15) is 0 Å². The molecule has 4 nitrogen and oxygen atoms in total. The molecule has 1 N–H and O–H groups in total. The van der Waals surface area contributed by atoms with E-state index >= 15 is 0 Å². The molecule has 3 aromatic rings. The summed E-state index contributed by atoms with van der Waals surface area (Å²) in [6.45, 7) is 5.18. The Morgan fingerprint density at radius 3 is 2.81 bits per heavy atom. The van der Waals surface area contributed by atoms with Gasteiger partial charge in [0.15, 0.2) is 0 Å². The van der Waals surface area contributed by atoms with Gasteiger partial charge in [-0.15, -0.1) is 0 Å². The molecule has 2 aromatic heterocycles. The summed E-state index contributed by atoms with van der Waals surface area (Å²) in [7, 11) is 0. The molecule has 0 radical (unpaired) electrons. The van der Waals surface area contributed by atoms with E-state index in [1.165, 1.54) is 5.56 Å². The van der Waals surface area contributed by atoms with Crippen LogP contribution in [0.15, 0.2) is 36.9 Å². The number of nitrogens with zero attached hydrogens (tertiary/aromatic N) is 3. The average Bonchev–Trinajstić information content (AvgIpc) is 3.03. The van der Waals surface area contributed by atoms with Crippen molar-refractivity contribution in [2.45, 2.75) is 33.0 Å². The largest absolute Gasteiger partial charge is 0.389 e. The smallest absolute Gasteiger partial charge is 0.0946 e. The highest BCUT2D eigenvalue weighted by molar-refractivity contribution is 6.35. The Labute approximate surface area is 128 Å². The van der Waals surface area contributed by atoms with Crippen LogP contribution in [0.3, 0.4) is 0 Å². The predicted molar refractivity (Wildman–Crippen MR) is 84.7 cm³/mol. The van der Waals surface area contributed by atoms with Gasteiger partial charge in [0.25, 0.3) is 0 Å². The van der Waals surface area contributed by atoms with E-state index in [9.17, 15) is 5.11 Å². The number of fused-ring (bicyclic) bond motifs is 1. The van der Waals surface area contributed by atoms with Crippen LogP contribution >= 0.6 is 11.6 Å². The first-order chi connectivity index (χ1) is 10.1. The van der Waals surface area contributed by atoms with Crippen molar-refractivity contribution in [1.29, 1.82) is 0 Å². The quantitative estimate of drug-likeness (QED) is 0.804. The van der Waals surface area contributed by atoms with E-state index in [0.717, 1.165) is 21.6 Å². The molecule has 2 heterocycles. The van der Waals surface area contributed by atoms with E-state index < -0.39 is 6.10 Å². The lowest BCUT2D eigenvalue weighted by atomic mass is 10.2. The maximum Gasteiger partial charge on any atom is 0.0946 e. The number of benzene rings is 1. The monoisotopic (exact) mass is 303 g/mol. The Balaban J connectivity index is 1.95. The van der Waals surface area contributed by atoms with Crippen molar-refractivity contribution in [2.24, 2.45) is 0 Å². The van der Waals surface area contributed by atoms with E-state index in [1.54, 1.807) is 12.5 Å². The lowest BCUT2D eigenvalue weighted by molar-refractivity contribution is 0.135. The van der Waals surface area contributed by atoms with Gasteiger partial charge in [-0.3, -0.25) is 0 Å². The fourth-order valence-corrected chi connectivity index (χ4v) is 3.07. The molecular formula is C16H18ClN3O. The van der Waals surface area contributed by atoms with Crippen molar-refractivity contribution >= 4 is 22.5 Å². The molecule has 0 bridgehead atoms. The van der Waals surface area contributed by atoms with E-state index in [0.29, 0.717) is 13.1 Å². The minimum atomic E-state index is -0.496. The summed E-state index contributed by atoms with van der Waals surface area (Å²) in [6, 6.07) is 5.92. The molecule has 5 heteroatoms. The minimum absolute atomic E-state index is 0.496. The molecule has 1 atom stereocenters. The number of aliphatic hydroxyl groups is 1. The van der Waals surface area contributed by atoms with Crippen LogP contribution < -0.4 is 0 Å². The number of imidazole rings is 1. The summed E-state index contributed by atoms with van der Waals surface area (Å²) in [5, 5.41) is 12.2. The molecule has 1 unspecified atom stereocenters. The van der Waals surface area contributed by atoms with Crippen LogP contribution in [0, 0.1) is 13.8 Å². The van der Waals surface area contributed by atoms with Gasteiger partial charge in [0.05, 0.1) is 36.1 Å². The van der Waals surface area contributed by atoms with Gasteiger partial charge in [0.2, 0.25) is 0 Å². The fraction of sp³-hybridized carbons (Fsp3) is 0.312. The number of para-hydroxylation sites is 1. The van der Waals surface area contributed by atoms with Crippen LogP contribution in [0.25, 0.3) is 10.9 Å². The zero-order chi connectivity index (χ0) is 15.0. The zero-order valence-corrected chi connectivity index (χ0v) is 12.9. The normalized spacial score (nSPS) is 13.0. The molecule has 0 amide bonds. The summed E-state index contributed by atoms with van der Waals surface area (Å²) in [5.41, 5.74) is 3.35. The van der Waals surface area contributed by atoms with Gasteiger partial charge in [-0.1, -0.05) is 23.7 Å². The average molecular weight is 304 g/mol. The van der Waals surface area contributed by atoms with Gasteiger partial charge in [0, 0.05) is 23.5 Å². The van der Waals surface area contributed by atoms with Crippen molar-refractivity contribution < 1.29 is 5.11 Å². The minimum Gasteiger partial charge on any atom is -0.389 e. The molecule has 0 aliphatic carbocycles. The summed E-state index contributed by atoms with van der Waals surface area (Å²) >= 11 is 6.36. The van der Waals surface area contributed by atoms with Crippen LogP contribution in [0.4, 0.5) is 0 Å². The standard InChI is InChI=1S/C16H18ClN3O/c1-11-12(2)20(16-14(11)4-3-5-15(16)17)9-13(21)8-19-7-6-18-10-19/h3-7,10,13,21H,8-9H2,1-2H3. The lowest BCUT2D eigenvalue weighted by Gasteiger charge is -2.15. The SMILES string of the molecule is Cc1c(C)n(CC(O)Cn2ccnc2)c2c(Cl)cccc12. The third-order valence-electron chi connectivity index (χ3n) is 3.98. The van der Waals surface area contributed by atoms with E-state index in [-0.39, 0.29) is 0 Å². The van der Waals surface area contributed by atoms with Crippen molar-refractivity contribution in [3.8, 4) is 0 Å². The molecule has 0 aliphatic heterocycles. The number of hydrogen-bond donors (Lipinski definition) is 1. The Morgan fingerprint density at radius 1 is 1.29 bits per heavy atom. The molecule has 21 heavy (non-hydrogen) atoms. The highest BCUT2D eigenvalue weighted by Gasteiger charge is 2.16. The first-order valence-corrected chi connectivity index (χ1v) is 7.33. The molecular weight excluding hydrogens is 286 g/mol. The van der Waals surface area contributed by atoms with Gasteiger partial charge >= 0.3 is 0 Å². The Kier molecular flexibility index (Phi) is 3.74. The molecule has 0 aliphatic rings. The first kappa shape index (κ1) is 14.2. The molecule has 0 saturated carbocycles. The fourth-order valence-electron chi connectivity index (χ4n) is 2.79. The lowest BCUT2D eigenvalue weighted by Crippen LogP contribution is -2.22. The van der Waals surface area contributed by atoms with E-state index in [1.807, 2.05) is 22.9 Å². The number of hydrogen-bond acceptors (Lipinski definition) is 2. The molecule has 1 aromatic carbocycles. The maximum absolute atomic E-state index is 10.3. The van der Waals surface area contributed by atoms with Crippen LogP contribution in [0.1, 0.15) is 11.3 Å². The van der Waals surface area contributed by atoms with E-state index in [4.69, 9.17) is 11.6 Å². The van der Waals surface area contributed by atoms with Crippen LogP contribution in [-0.4, -0.2) is 25.3 Å². The van der Waals surface area contributed by atoms with Gasteiger partial charge < -0.3 is 14.2 Å². The number of rotatable bonds is 4. The Hall–Kier alpha value is -1.78. The predicted octanol–water partition coefficient (Wildman–Crippen LogP) is 3.17. The van der Waals surface area contributed by atoms with Gasteiger partial charge in [-0.05, 0) is 25.5 Å². The summed E-state index contributed by atoms with van der Waals surface area (Å²) in [6.07, 6.45) is 4.78. The van der Waals surface area contributed by atoms with Gasteiger partial charge in [-0.25, -0.2) is 4.98 Å². The third-order valence-corrected chi connectivity index (χ3v) is 4.29. The second-order valence-electron chi connectivity index (χ2n) is 5.37. The number of halogens is 1. The maximum atomic E-state index is 10.3. The van der Waals surface area contributed by atoms with Gasteiger partial charge in [-0.2, -0.15) is 0 Å². The van der Waals surface area contributed by atoms with Crippen LogP contribution in [0.2, 0.25) is 5.02 Å². The number of aryl methyl sites for hydroxylation is 1. The molecule has 0 spiro atoms. The molecule has 0 saturated heterocycles. The van der Waals surface area contributed by atoms with Crippen molar-refractivity contribution in [2.75, 3.05) is 0 Å². The zero-order valence-electron chi connectivity index (χ0n) is 12.1. The number of aliphatic hydroxyl groups excluding tert-OH is 1. The molecule has 3 rings (SSSR count). The van der Waals surface area contributed by atoms with Crippen LogP contribution in [-0.2, 0) is 13.1 Å². The third kappa shape index (κ3) is 2.57. The Morgan fingerprint density at radius 2 is 2.10 bits per heavy atom. The Bertz CT molecular complexity index is 762. The van der Waals surface area contributed by atoms with Crippen LogP contribution in [0.5, 0.6) is 0 Å². The molecule has 0 fully saturated rings.